The minimum Gasteiger partial charge on any atom is -0.397 e. The maximum Gasteiger partial charge on any atom is 0.0743 e. The van der Waals surface area contributed by atoms with Crippen LogP contribution in [0.25, 0.3) is 0 Å². The van der Waals surface area contributed by atoms with Crippen molar-refractivity contribution in [2.75, 3.05) is 33.2 Å². The van der Waals surface area contributed by atoms with Gasteiger partial charge in [0.05, 0.1) is 29.2 Å². The van der Waals surface area contributed by atoms with E-state index in [2.05, 4.69) is 45.5 Å². The molecule has 1 aromatic heterocycles. The highest BCUT2D eigenvalue weighted by molar-refractivity contribution is 6.03. The summed E-state index contributed by atoms with van der Waals surface area (Å²) >= 11 is 0. The van der Waals surface area contributed by atoms with Gasteiger partial charge in [0, 0.05) is 39.4 Å². The van der Waals surface area contributed by atoms with Gasteiger partial charge in [-0.2, -0.15) is 0 Å². The molecule has 0 amide bonds. The molecule has 2 saturated heterocycles. The molecule has 0 spiro atoms. The molecule has 2 fully saturated rings. The van der Waals surface area contributed by atoms with Crippen molar-refractivity contribution in [2.24, 2.45) is 10.7 Å². The van der Waals surface area contributed by atoms with Crippen molar-refractivity contribution < 1.29 is 0 Å². The molecule has 162 valence electrons. The van der Waals surface area contributed by atoms with Crippen LogP contribution in [0.15, 0.2) is 47.7 Å². The Bertz CT molecular complexity index is 637. The lowest BCUT2D eigenvalue weighted by Gasteiger charge is -2.32. The second-order valence-electron chi connectivity index (χ2n) is 6.87. The number of hydrogen-bond donors (Lipinski definition) is 4. The Morgan fingerprint density at radius 3 is 2.38 bits per heavy atom. The fourth-order valence-corrected chi connectivity index (χ4v) is 3.53. The van der Waals surface area contributed by atoms with E-state index >= 15 is 0 Å². The molecule has 3 heterocycles. The molecule has 6 heteroatoms. The number of nitrogens with two attached hydrogens (primary N) is 1. The molecular weight excluding hydrogens is 360 g/mol. The van der Waals surface area contributed by atoms with E-state index in [0.29, 0.717) is 5.70 Å². The molecule has 0 saturated carbocycles. The van der Waals surface area contributed by atoms with Crippen LogP contribution in [0.4, 0.5) is 0 Å². The van der Waals surface area contributed by atoms with Crippen molar-refractivity contribution in [3.8, 4) is 0 Å². The van der Waals surface area contributed by atoms with Gasteiger partial charge in [0.1, 0.15) is 0 Å². The fraction of sp³-hybridized carbons (Fsp3) is 0.565. The van der Waals surface area contributed by atoms with Gasteiger partial charge in [0.2, 0.25) is 0 Å². The lowest BCUT2D eigenvalue weighted by atomic mass is 9.91. The summed E-state index contributed by atoms with van der Waals surface area (Å²) in [5.74, 6) is 0. The van der Waals surface area contributed by atoms with Crippen LogP contribution < -0.4 is 21.7 Å². The van der Waals surface area contributed by atoms with Crippen molar-refractivity contribution in [1.29, 1.82) is 0 Å². The van der Waals surface area contributed by atoms with Crippen molar-refractivity contribution in [2.45, 2.75) is 52.1 Å². The highest BCUT2D eigenvalue weighted by Crippen LogP contribution is 2.27. The fourth-order valence-electron chi connectivity index (χ4n) is 3.53. The van der Waals surface area contributed by atoms with E-state index in [0.717, 1.165) is 56.8 Å². The lowest BCUT2D eigenvalue weighted by Crippen LogP contribution is -2.44. The summed E-state index contributed by atoms with van der Waals surface area (Å²) in [7, 11) is 1.79. The molecule has 0 aromatic carbocycles. The summed E-state index contributed by atoms with van der Waals surface area (Å²) in [6.45, 7) is 14.4. The molecule has 3 rings (SSSR count). The number of nitrogens with zero attached hydrogens (tertiary/aromatic N) is 2. The van der Waals surface area contributed by atoms with Crippen molar-refractivity contribution in [3.05, 3.63) is 54.0 Å². The zero-order valence-corrected chi connectivity index (χ0v) is 18.7. The van der Waals surface area contributed by atoms with Crippen LogP contribution in [0.2, 0.25) is 0 Å². The summed E-state index contributed by atoms with van der Waals surface area (Å²) < 4.78 is 0. The zero-order valence-electron chi connectivity index (χ0n) is 18.7. The SMILES string of the molecule is C1CNCCN1.C=C/C=C(/N)C(=NC)C1CCCC(c2ncccc2C)N1.CC. The number of rotatable bonds is 4. The number of aromatic nitrogens is 1. The topological polar surface area (TPSA) is 87.4 Å². The summed E-state index contributed by atoms with van der Waals surface area (Å²) in [5, 5.41) is 10.1. The first-order chi connectivity index (χ1) is 14.2. The Labute approximate surface area is 177 Å². The van der Waals surface area contributed by atoms with E-state index in [1.54, 1.807) is 19.2 Å². The monoisotopic (exact) mass is 400 g/mol. The van der Waals surface area contributed by atoms with Crippen LogP contribution >= 0.6 is 0 Å². The molecule has 5 N–H and O–H groups in total. The van der Waals surface area contributed by atoms with Gasteiger partial charge in [0.15, 0.2) is 0 Å². The number of aliphatic imine (C=N–C) groups is 1. The van der Waals surface area contributed by atoms with Crippen LogP contribution in [-0.4, -0.2) is 50.0 Å². The quantitative estimate of drug-likeness (QED) is 0.461. The first kappa shape index (κ1) is 25.0. The molecule has 2 aliphatic heterocycles. The molecule has 29 heavy (non-hydrogen) atoms. The molecule has 2 atom stereocenters. The second-order valence-corrected chi connectivity index (χ2v) is 6.87. The van der Waals surface area contributed by atoms with E-state index in [4.69, 9.17) is 5.73 Å². The highest BCUT2D eigenvalue weighted by atomic mass is 15.0. The normalized spacial score (nSPS) is 22.5. The standard InChI is InChI=1S/C17H24N4.C4H10N2.C2H6/c1-4-7-13(18)17(19-3)15-10-5-9-14(21-15)16-12(2)8-6-11-20-16;1-2-6-4-3-5-1;1-2/h4,6-8,11,14-15,21H,1,5,9-10,18H2,2-3H3;5-6H,1-4H2;1-2H3/b13-7+,19-17?;;. The number of pyridine rings is 1. The maximum atomic E-state index is 6.09. The predicted octanol–water partition coefficient (Wildman–Crippen LogP) is 2.88. The molecule has 1 aromatic rings. The van der Waals surface area contributed by atoms with Gasteiger partial charge >= 0.3 is 0 Å². The first-order valence-electron chi connectivity index (χ1n) is 10.8. The third-order valence-corrected chi connectivity index (χ3v) is 4.89. The molecular formula is C23H40N6. The van der Waals surface area contributed by atoms with E-state index < -0.39 is 0 Å². The molecule has 0 aliphatic carbocycles. The van der Waals surface area contributed by atoms with Gasteiger partial charge in [-0.3, -0.25) is 9.98 Å². The van der Waals surface area contributed by atoms with Crippen molar-refractivity contribution in [3.63, 3.8) is 0 Å². The third kappa shape index (κ3) is 8.48. The molecule has 2 aliphatic rings. The number of piperidine rings is 1. The summed E-state index contributed by atoms with van der Waals surface area (Å²) in [6.07, 6.45) is 8.63. The Hall–Kier alpha value is -2.02. The lowest BCUT2D eigenvalue weighted by molar-refractivity contribution is 0.369. The van der Waals surface area contributed by atoms with Gasteiger partial charge in [-0.05, 0) is 43.9 Å². The van der Waals surface area contributed by atoms with E-state index in [1.165, 1.54) is 5.56 Å². The predicted molar refractivity (Wildman–Crippen MR) is 125 cm³/mol. The van der Waals surface area contributed by atoms with Gasteiger partial charge in [-0.1, -0.05) is 32.6 Å². The number of nitrogens with one attached hydrogen (secondary N) is 3. The van der Waals surface area contributed by atoms with Gasteiger partial charge in [-0.15, -0.1) is 0 Å². The van der Waals surface area contributed by atoms with Crippen molar-refractivity contribution >= 4 is 5.71 Å². The Balaban J connectivity index is 0.000000442. The summed E-state index contributed by atoms with van der Waals surface area (Å²) in [4.78, 5) is 8.91. The molecule has 2 unspecified atom stereocenters. The third-order valence-electron chi connectivity index (χ3n) is 4.89. The zero-order chi connectivity index (χ0) is 21.5. The minimum absolute atomic E-state index is 0.173. The van der Waals surface area contributed by atoms with Gasteiger partial charge < -0.3 is 21.7 Å². The largest absolute Gasteiger partial charge is 0.397 e. The number of piperazine rings is 1. The van der Waals surface area contributed by atoms with Crippen LogP contribution in [-0.2, 0) is 0 Å². The second kappa shape index (κ2) is 14.9. The van der Waals surface area contributed by atoms with Gasteiger partial charge in [0.25, 0.3) is 0 Å². The average Bonchev–Trinajstić information content (AvgIpc) is 2.78. The average molecular weight is 401 g/mol. The van der Waals surface area contributed by atoms with Crippen LogP contribution in [0.3, 0.4) is 0 Å². The smallest absolute Gasteiger partial charge is 0.0743 e. The number of allylic oxidation sites excluding steroid dienone is 2. The minimum atomic E-state index is 0.173. The first-order valence-corrected chi connectivity index (χ1v) is 10.8. The number of hydrogen-bond acceptors (Lipinski definition) is 6. The highest BCUT2D eigenvalue weighted by Gasteiger charge is 2.27. The van der Waals surface area contributed by atoms with Crippen molar-refractivity contribution in [1.82, 2.24) is 20.9 Å². The Morgan fingerprint density at radius 1 is 1.21 bits per heavy atom. The van der Waals surface area contributed by atoms with E-state index in [9.17, 15) is 0 Å². The molecule has 0 bridgehead atoms. The molecule has 0 radical (unpaired) electrons. The number of aryl methyl sites for hydroxylation is 1. The Morgan fingerprint density at radius 2 is 1.86 bits per heavy atom. The maximum absolute atomic E-state index is 6.09. The van der Waals surface area contributed by atoms with Gasteiger partial charge in [-0.25, -0.2) is 0 Å². The van der Waals surface area contributed by atoms with E-state index in [1.807, 2.05) is 26.1 Å². The van der Waals surface area contributed by atoms with Crippen LogP contribution in [0, 0.1) is 6.92 Å². The summed E-state index contributed by atoms with van der Waals surface area (Å²) in [5.41, 5.74) is 10.0. The Kier molecular flexibility index (Phi) is 12.9. The van der Waals surface area contributed by atoms with Crippen LogP contribution in [0.1, 0.15) is 50.4 Å². The molecule has 6 nitrogen and oxygen atoms in total. The summed E-state index contributed by atoms with van der Waals surface area (Å²) in [6, 6.07) is 4.52. The van der Waals surface area contributed by atoms with E-state index in [-0.39, 0.29) is 12.1 Å². The van der Waals surface area contributed by atoms with Crippen LogP contribution in [0.5, 0.6) is 0 Å².